The van der Waals surface area contributed by atoms with E-state index < -0.39 is 5.91 Å². The van der Waals surface area contributed by atoms with Crippen molar-refractivity contribution in [2.24, 2.45) is 5.10 Å². The van der Waals surface area contributed by atoms with Gasteiger partial charge in [0.05, 0.1) is 13.3 Å². The van der Waals surface area contributed by atoms with Crippen LogP contribution < -0.4 is 19.6 Å². The molecule has 0 saturated heterocycles. The highest BCUT2D eigenvalue weighted by Gasteiger charge is 2.05. The maximum absolute atomic E-state index is 11.7. The molecule has 0 saturated carbocycles. The van der Waals surface area contributed by atoms with Gasteiger partial charge in [-0.1, -0.05) is 11.6 Å². The van der Waals surface area contributed by atoms with E-state index in [2.05, 4.69) is 10.5 Å². The van der Waals surface area contributed by atoms with Crippen molar-refractivity contribution in [3.05, 3.63) is 53.1 Å². The van der Waals surface area contributed by atoms with E-state index in [9.17, 15) is 4.79 Å². The van der Waals surface area contributed by atoms with Crippen molar-refractivity contribution < 1.29 is 19.0 Å². The molecule has 1 N–H and O–H groups in total. The van der Waals surface area contributed by atoms with E-state index in [0.717, 1.165) is 0 Å². The van der Waals surface area contributed by atoms with E-state index in [1.165, 1.54) is 13.3 Å². The molecule has 8 heteroatoms. The minimum Gasteiger partial charge on any atom is -0.493 e. The van der Waals surface area contributed by atoms with Crippen LogP contribution in [0.15, 0.2) is 47.6 Å². The van der Waals surface area contributed by atoms with Gasteiger partial charge in [0, 0.05) is 5.02 Å². The Balaban J connectivity index is 1.86. The van der Waals surface area contributed by atoms with Crippen molar-refractivity contribution in [1.29, 1.82) is 5.26 Å². The fourth-order valence-electron chi connectivity index (χ4n) is 1.88. The van der Waals surface area contributed by atoms with Gasteiger partial charge in [-0.15, -0.1) is 0 Å². The minimum atomic E-state index is -0.405. The van der Waals surface area contributed by atoms with Crippen molar-refractivity contribution in [3.63, 3.8) is 0 Å². The highest BCUT2D eigenvalue weighted by Crippen LogP contribution is 2.27. The second kappa shape index (κ2) is 9.91. The van der Waals surface area contributed by atoms with Crippen LogP contribution in [-0.2, 0) is 4.79 Å². The molecule has 26 heavy (non-hydrogen) atoms. The lowest BCUT2D eigenvalue weighted by Gasteiger charge is -2.08. The average Bonchev–Trinajstić information content (AvgIpc) is 2.66. The molecule has 7 nitrogen and oxygen atoms in total. The van der Waals surface area contributed by atoms with Crippen molar-refractivity contribution in [3.8, 4) is 23.3 Å². The summed E-state index contributed by atoms with van der Waals surface area (Å²) in [5, 5.41) is 13.0. The summed E-state index contributed by atoms with van der Waals surface area (Å²) in [7, 11) is 1.49. The molecule has 0 spiro atoms. The first kappa shape index (κ1) is 19.1. The molecule has 134 valence electrons. The molecule has 1 amide bonds. The van der Waals surface area contributed by atoms with Gasteiger partial charge in [0.15, 0.2) is 24.7 Å². The smallest absolute Gasteiger partial charge is 0.277 e. The molecule has 0 radical (unpaired) electrons. The number of rotatable bonds is 8. The summed E-state index contributed by atoms with van der Waals surface area (Å²) in [6.07, 6.45) is 1.46. The van der Waals surface area contributed by atoms with Crippen LogP contribution in [-0.4, -0.2) is 32.4 Å². The molecule has 0 aliphatic rings. The lowest BCUT2D eigenvalue weighted by Crippen LogP contribution is -2.24. The van der Waals surface area contributed by atoms with E-state index in [0.29, 0.717) is 27.8 Å². The lowest BCUT2D eigenvalue weighted by molar-refractivity contribution is -0.123. The van der Waals surface area contributed by atoms with Crippen molar-refractivity contribution in [1.82, 2.24) is 5.43 Å². The second-order valence-electron chi connectivity index (χ2n) is 4.89. The number of halogens is 1. The first-order valence-electron chi connectivity index (χ1n) is 7.50. The first-order valence-corrected chi connectivity index (χ1v) is 7.88. The Morgan fingerprint density at radius 3 is 2.69 bits per heavy atom. The van der Waals surface area contributed by atoms with Gasteiger partial charge in [-0.3, -0.25) is 4.79 Å². The van der Waals surface area contributed by atoms with Crippen LogP contribution in [0.2, 0.25) is 5.02 Å². The summed E-state index contributed by atoms with van der Waals surface area (Å²) in [6.45, 7) is -0.253. The summed E-state index contributed by atoms with van der Waals surface area (Å²) < 4.78 is 15.7. The van der Waals surface area contributed by atoms with Gasteiger partial charge in [0.2, 0.25) is 0 Å². The van der Waals surface area contributed by atoms with Crippen molar-refractivity contribution >= 4 is 23.7 Å². The van der Waals surface area contributed by atoms with Gasteiger partial charge in [-0.2, -0.15) is 10.4 Å². The molecule has 0 bridgehead atoms. The van der Waals surface area contributed by atoms with Crippen LogP contribution in [0.3, 0.4) is 0 Å². The number of carbonyl (C=O) groups is 1. The molecule has 0 aliphatic heterocycles. The SMILES string of the molecule is COc1cc(/C=N\NC(=O)COc2ccc(Cl)cc2)ccc1OCC#N. The summed E-state index contributed by atoms with van der Waals surface area (Å²) in [5.41, 5.74) is 3.05. The number of nitrogens with zero attached hydrogens (tertiary/aromatic N) is 2. The fraction of sp³-hybridized carbons (Fsp3) is 0.167. The maximum Gasteiger partial charge on any atom is 0.277 e. The zero-order valence-electron chi connectivity index (χ0n) is 13.9. The largest absolute Gasteiger partial charge is 0.493 e. The summed E-state index contributed by atoms with van der Waals surface area (Å²) in [4.78, 5) is 11.7. The molecule has 0 aromatic heterocycles. The molecule has 0 heterocycles. The summed E-state index contributed by atoms with van der Waals surface area (Å²) in [6, 6.07) is 13.6. The van der Waals surface area contributed by atoms with Crippen LogP contribution >= 0.6 is 11.6 Å². The third-order valence-electron chi connectivity index (χ3n) is 3.07. The van der Waals surface area contributed by atoms with Crippen molar-refractivity contribution in [2.75, 3.05) is 20.3 Å². The van der Waals surface area contributed by atoms with Crippen LogP contribution in [0.25, 0.3) is 0 Å². The van der Waals surface area contributed by atoms with Gasteiger partial charge >= 0.3 is 0 Å². The molecule has 0 unspecified atom stereocenters. The molecule has 2 aromatic carbocycles. The Hall–Kier alpha value is -3.24. The Kier molecular flexibility index (Phi) is 7.28. The van der Waals surface area contributed by atoms with Crippen LogP contribution in [0, 0.1) is 11.3 Å². The number of hydrazone groups is 1. The quantitative estimate of drug-likeness (QED) is 0.567. The summed E-state index contributed by atoms with van der Waals surface area (Å²) >= 11 is 5.77. The van der Waals surface area contributed by atoms with Crippen molar-refractivity contribution in [2.45, 2.75) is 0 Å². The maximum atomic E-state index is 11.7. The third-order valence-corrected chi connectivity index (χ3v) is 3.32. The molecule has 0 aliphatic carbocycles. The summed E-state index contributed by atoms with van der Waals surface area (Å²) in [5.74, 6) is 1.04. The highest BCUT2D eigenvalue weighted by atomic mass is 35.5. The molecule has 2 rings (SSSR count). The van der Waals surface area contributed by atoms with Crippen LogP contribution in [0.1, 0.15) is 5.56 Å². The number of ether oxygens (including phenoxy) is 3. The number of methoxy groups -OCH3 is 1. The van der Waals surface area contributed by atoms with E-state index in [-0.39, 0.29) is 13.2 Å². The number of hydrogen-bond acceptors (Lipinski definition) is 6. The number of nitriles is 1. The van der Waals surface area contributed by atoms with Gasteiger partial charge in [0.1, 0.15) is 11.8 Å². The zero-order chi connectivity index (χ0) is 18.8. The van der Waals surface area contributed by atoms with Gasteiger partial charge < -0.3 is 14.2 Å². The van der Waals surface area contributed by atoms with Crippen LogP contribution in [0.4, 0.5) is 0 Å². The monoisotopic (exact) mass is 373 g/mol. The van der Waals surface area contributed by atoms with E-state index >= 15 is 0 Å². The minimum absolute atomic E-state index is 0.0759. The first-order chi connectivity index (χ1) is 12.6. The zero-order valence-corrected chi connectivity index (χ0v) is 14.7. The van der Waals surface area contributed by atoms with E-state index in [1.54, 1.807) is 42.5 Å². The predicted octanol–water partition coefficient (Wildman–Crippen LogP) is 2.78. The lowest BCUT2D eigenvalue weighted by atomic mass is 10.2. The predicted molar refractivity (Wildman–Crippen MR) is 96.8 cm³/mol. The van der Waals surface area contributed by atoms with Gasteiger partial charge in [0.25, 0.3) is 5.91 Å². The molecule has 0 atom stereocenters. The Labute approximate surface area is 155 Å². The fourth-order valence-corrected chi connectivity index (χ4v) is 2.01. The Morgan fingerprint density at radius 1 is 1.23 bits per heavy atom. The normalized spacial score (nSPS) is 10.2. The number of nitrogens with one attached hydrogen (secondary N) is 1. The third kappa shape index (κ3) is 6.00. The van der Waals surface area contributed by atoms with Gasteiger partial charge in [-0.25, -0.2) is 5.43 Å². The molecular formula is C18H16ClN3O4. The Bertz CT molecular complexity index is 816. The topological polar surface area (TPSA) is 92.9 Å². The molecule has 2 aromatic rings. The number of amides is 1. The number of hydrogen-bond donors (Lipinski definition) is 1. The standard InChI is InChI=1S/C18H16ClN3O4/c1-24-17-10-13(2-7-16(17)25-9-8-20)11-21-22-18(23)12-26-15-5-3-14(19)4-6-15/h2-7,10-11H,9,12H2,1H3,(H,22,23)/b21-11-. The highest BCUT2D eigenvalue weighted by molar-refractivity contribution is 6.30. The van der Waals surface area contributed by atoms with E-state index in [4.69, 9.17) is 31.1 Å². The number of carbonyl (C=O) groups excluding carboxylic acids is 1. The Morgan fingerprint density at radius 2 is 2.00 bits per heavy atom. The average molecular weight is 374 g/mol. The van der Waals surface area contributed by atoms with E-state index in [1.807, 2.05) is 6.07 Å². The second-order valence-corrected chi connectivity index (χ2v) is 5.33. The number of benzene rings is 2. The van der Waals surface area contributed by atoms with Gasteiger partial charge in [-0.05, 0) is 48.0 Å². The van der Waals surface area contributed by atoms with Crippen LogP contribution in [0.5, 0.6) is 17.2 Å². The molecule has 0 fully saturated rings. The molecular weight excluding hydrogens is 358 g/mol.